The van der Waals surface area contributed by atoms with Gasteiger partial charge in [-0.2, -0.15) is 0 Å². The Kier molecular flexibility index (Phi) is 19.4. The molecule has 0 amide bonds. The van der Waals surface area contributed by atoms with E-state index >= 15 is 0 Å². The summed E-state index contributed by atoms with van der Waals surface area (Å²) < 4.78 is 12.5. The first-order valence-electron chi connectivity index (χ1n) is 35.5. The van der Waals surface area contributed by atoms with Gasteiger partial charge >= 0.3 is 0 Å². The SMILES string of the molecule is C.Clc1ccc(-c2ccc3c(ccc4ccccc43)c2)cc1.Nc1ccc(-c2cccc3c2oc2ccccc23)cc1.[B][B]B([B])[B].[HH].[HH].[HH].[HH].c1ccc2c(c1)ccc1cc(-c3ccc(N(c4ccc(-c5ccc6c(ccc7ccccc76)c5)cc4)c4ccc(-c5cccc6c5oc5ccccc56)cc4)cc3)ccc12. The van der Waals surface area contributed by atoms with E-state index in [1.165, 1.54) is 105 Å². The topological polar surface area (TPSA) is 55.5 Å². The van der Waals surface area contributed by atoms with Crippen LogP contribution < -0.4 is 10.6 Å². The lowest BCUT2D eigenvalue weighted by Gasteiger charge is -2.26. The second-order valence-corrected chi connectivity index (χ2v) is 27.0. The van der Waals surface area contributed by atoms with Crippen LogP contribution >= 0.6 is 11.6 Å². The predicted octanol–water partition coefficient (Wildman–Crippen LogP) is 27.5. The van der Waals surface area contributed by atoms with Crippen LogP contribution in [0.5, 0.6) is 0 Å². The maximum atomic E-state index is 6.42. The van der Waals surface area contributed by atoms with Gasteiger partial charge in [0, 0.05) is 103 Å². The molecule has 0 aliphatic rings. The van der Waals surface area contributed by atoms with Crippen LogP contribution in [0.15, 0.2) is 379 Å². The van der Waals surface area contributed by atoms with Crippen molar-refractivity contribution in [2.45, 2.75) is 7.43 Å². The third-order valence-electron chi connectivity index (χ3n) is 20.0. The number of hydrogen-bond acceptors (Lipinski definition) is 4. The molecule has 0 unspecified atom stereocenters. The maximum absolute atomic E-state index is 6.42. The molecule has 0 atom stereocenters. The van der Waals surface area contributed by atoms with Crippen molar-refractivity contribution in [2.24, 2.45) is 0 Å². The molecule has 18 aromatic carbocycles. The number of nitrogens with zero attached hydrogens (tertiary/aromatic N) is 1. The first-order valence-corrected chi connectivity index (χ1v) is 35.9. The second-order valence-electron chi connectivity index (χ2n) is 26.6. The molecule has 7 radical (unpaired) electrons. The molecule has 107 heavy (non-hydrogen) atoms. The number of fused-ring (bicyclic) bond motifs is 15. The van der Waals surface area contributed by atoms with Crippen molar-refractivity contribution in [2.75, 3.05) is 10.6 Å². The fraction of sp³-hybridized carbons (Fsp3) is 0.0103. The highest BCUT2D eigenvalue weighted by Crippen LogP contribution is 2.43. The number of rotatable bonds is 9. The summed E-state index contributed by atoms with van der Waals surface area (Å²) in [5, 5.41) is 20.6. The number of benzene rings is 18. The van der Waals surface area contributed by atoms with Crippen LogP contribution in [0.4, 0.5) is 22.7 Å². The first kappa shape index (κ1) is 68.7. The second kappa shape index (κ2) is 30.2. The van der Waals surface area contributed by atoms with E-state index in [4.69, 9.17) is 49.4 Å². The minimum absolute atomic E-state index is 0. The van der Waals surface area contributed by atoms with Gasteiger partial charge in [-0.15, -0.1) is 0 Å². The lowest BCUT2D eigenvalue weighted by Crippen LogP contribution is -2.23. The van der Waals surface area contributed by atoms with E-state index in [0.717, 1.165) is 93.9 Å². The number of nitrogen functional groups attached to an aromatic ring is 1. The molecule has 2 N–H and O–H groups in total. The summed E-state index contributed by atoms with van der Waals surface area (Å²) in [5.74, 6) is 0. The highest BCUT2D eigenvalue weighted by Gasteiger charge is 2.18. The highest BCUT2D eigenvalue weighted by atomic mass is 35.5. The van der Waals surface area contributed by atoms with Crippen LogP contribution in [0.1, 0.15) is 13.1 Å². The molecule has 2 aromatic heterocycles. The normalized spacial score (nSPS) is 11.1. The third-order valence-corrected chi connectivity index (χ3v) is 20.3. The van der Waals surface area contributed by atoms with Gasteiger partial charge in [-0.1, -0.05) is 298 Å². The van der Waals surface area contributed by atoms with Gasteiger partial charge in [-0.3, -0.25) is 0 Å². The summed E-state index contributed by atoms with van der Waals surface area (Å²) in [4.78, 5) is 2.35. The average molecular weight is 1390 g/mol. The number of para-hydroxylation sites is 4. The Morgan fingerprint density at radius 3 is 0.935 bits per heavy atom. The minimum atomic E-state index is -0.463. The standard InChI is InChI=1S/C58H37NO.C20H13Cl.C18H13NO.CH4.B5.4H2/c1-3-10-50-40(8-1)16-18-45-36-43(26-34-52(45)50)38-20-28-47(29-21-38)59(49-32-24-42(25-33-49)54-13-7-14-56-55-12-5-6-15-57(55)60-58(54)56)48-30-22-39(23-31-48)44-27-35-53-46(37-44)19-17-41-9-2-4-11-51(41)53;21-18-10-7-14(8-11-18)16-9-12-20-17(13-16)6-5-15-3-1-2-4-19(15)20;19-13-10-8-12(9-11-13)14-5-3-6-16-15-4-1-2-7-17(15)20-18(14)16;;1-4-5(2)3;;;;/h1-37H;1-13H;1-11H,19H2;1H4;;4*1H. The molecule has 20 rings (SSSR count). The number of hydrogen-bond donors (Lipinski definition) is 1. The fourth-order valence-electron chi connectivity index (χ4n) is 14.7. The molecule has 0 saturated heterocycles. The third kappa shape index (κ3) is 13.9. The number of halogens is 1. The van der Waals surface area contributed by atoms with Crippen LogP contribution in [0.2, 0.25) is 5.02 Å². The fourth-order valence-corrected chi connectivity index (χ4v) is 14.8. The molecule has 10 heteroatoms. The Hall–Kier alpha value is -12.7. The van der Waals surface area contributed by atoms with Crippen molar-refractivity contribution in [1.82, 2.24) is 0 Å². The van der Waals surface area contributed by atoms with Crippen molar-refractivity contribution in [3.63, 3.8) is 0 Å². The molecule has 507 valence electrons. The zero-order valence-corrected chi connectivity index (χ0v) is 58.6. The van der Waals surface area contributed by atoms with Gasteiger partial charge in [-0.25, -0.2) is 0 Å². The monoisotopic (exact) mass is 1390 g/mol. The number of furan rings is 2. The predicted molar refractivity (Wildman–Crippen MR) is 474 cm³/mol. The summed E-state index contributed by atoms with van der Waals surface area (Å²) in [5.41, 5.74) is 25.0. The molecule has 0 aliphatic carbocycles. The number of anilines is 4. The van der Waals surface area contributed by atoms with Crippen molar-refractivity contribution in [3.8, 4) is 55.6 Å². The highest BCUT2D eigenvalue weighted by molar-refractivity contribution is 7.60. The van der Waals surface area contributed by atoms with E-state index in [-0.39, 0.29) is 13.1 Å². The van der Waals surface area contributed by atoms with Crippen LogP contribution in [-0.4, -0.2) is 36.7 Å². The van der Waals surface area contributed by atoms with E-state index in [1.54, 1.807) is 0 Å². The zero-order valence-electron chi connectivity index (χ0n) is 57.8. The average Bonchev–Trinajstić information content (AvgIpc) is 1.05. The molecule has 0 aliphatic heterocycles. The van der Waals surface area contributed by atoms with E-state index < -0.39 is 6.39 Å². The van der Waals surface area contributed by atoms with Crippen molar-refractivity contribution in [3.05, 3.63) is 375 Å². The lowest BCUT2D eigenvalue weighted by molar-refractivity contribution is 0.669. The van der Waals surface area contributed by atoms with Crippen molar-refractivity contribution in [1.29, 1.82) is 0 Å². The summed E-state index contributed by atoms with van der Waals surface area (Å²) in [7, 11) is 15.8. The van der Waals surface area contributed by atoms with E-state index in [0.29, 0.717) is 0 Å². The number of nitrogens with two attached hydrogens (primary N) is 1. The van der Waals surface area contributed by atoms with Gasteiger partial charge in [-0.05, 0) is 200 Å². The summed E-state index contributed by atoms with van der Waals surface area (Å²) >= 11 is 5.96. The summed E-state index contributed by atoms with van der Waals surface area (Å²) in [6.07, 6.45) is -0.463. The molecular weight excluding hydrogens is 1310 g/mol. The van der Waals surface area contributed by atoms with Gasteiger partial charge in [0.25, 0.3) is 0 Å². The molecule has 20 aromatic rings. The Labute approximate surface area is 638 Å². The first-order chi connectivity index (χ1) is 52.1. The van der Waals surface area contributed by atoms with Gasteiger partial charge < -0.3 is 19.5 Å². The van der Waals surface area contributed by atoms with Crippen molar-refractivity contribution < 1.29 is 14.5 Å². The molecule has 0 bridgehead atoms. The summed E-state index contributed by atoms with van der Waals surface area (Å²) in [6, 6.07) is 131. The Morgan fingerprint density at radius 1 is 0.290 bits per heavy atom. The minimum Gasteiger partial charge on any atom is -0.455 e. The van der Waals surface area contributed by atoms with Gasteiger partial charge in [0.1, 0.15) is 22.3 Å². The smallest absolute Gasteiger partial charge is 0.143 e. The van der Waals surface area contributed by atoms with E-state index in [1.807, 2.05) is 66.7 Å². The van der Waals surface area contributed by atoms with Crippen LogP contribution in [0.25, 0.3) is 164 Å². The van der Waals surface area contributed by atoms with Gasteiger partial charge in [0.05, 0.1) is 0 Å². The van der Waals surface area contributed by atoms with E-state index in [2.05, 4.69) is 308 Å². The lowest BCUT2D eigenvalue weighted by atomic mass is 8.97. The van der Waals surface area contributed by atoms with Gasteiger partial charge in [0.15, 0.2) is 0 Å². The Bertz CT molecular complexity index is 6480. The van der Waals surface area contributed by atoms with Gasteiger partial charge in [0.2, 0.25) is 0 Å². The van der Waals surface area contributed by atoms with Crippen LogP contribution in [-0.2, 0) is 0 Å². The van der Waals surface area contributed by atoms with Crippen molar-refractivity contribution >= 4 is 180 Å². The molecule has 0 fully saturated rings. The van der Waals surface area contributed by atoms with Crippen LogP contribution in [0, 0.1) is 0 Å². The molecule has 0 saturated carbocycles. The zero-order chi connectivity index (χ0) is 71.6. The Balaban J connectivity index is 0.000000183. The maximum Gasteiger partial charge on any atom is 0.143 e. The quantitative estimate of drug-likeness (QED) is 0.0889. The molecular formula is C97H75B5ClN2O2. The summed E-state index contributed by atoms with van der Waals surface area (Å²) in [6.45, 7) is 0. The van der Waals surface area contributed by atoms with Crippen LogP contribution in [0.3, 0.4) is 0 Å². The largest absolute Gasteiger partial charge is 0.455 e. The Morgan fingerprint density at radius 2 is 0.570 bits per heavy atom. The van der Waals surface area contributed by atoms with E-state index in [9.17, 15) is 0 Å². The molecule has 2 heterocycles. The molecule has 4 nitrogen and oxygen atoms in total. The molecule has 0 spiro atoms.